The lowest BCUT2D eigenvalue weighted by Gasteiger charge is -2.27. The molecule has 0 aromatic heterocycles. The predicted octanol–water partition coefficient (Wildman–Crippen LogP) is -3.75. The maximum absolute atomic E-state index is 13.9. The highest BCUT2D eigenvalue weighted by molar-refractivity contribution is 5.98. The Labute approximate surface area is 444 Å². The van der Waals surface area contributed by atoms with Gasteiger partial charge in [0.15, 0.2) is 0 Å². The number of aliphatic carboxylic acids is 4. The molecule has 0 radical (unpaired) electrons. The summed E-state index contributed by atoms with van der Waals surface area (Å²) in [6.45, 7) is 3.17. The van der Waals surface area contributed by atoms with E-state index in [0.717, 1.165) is 0 Å². The second-order valence-corrected chi connectivity index (χ2v) is 18.3. The molecule has 1 aromatic rings. The lowest BCUT2D eigenvalue weighted by atomic mass is 10.0. The zero-order chi connectivity index (χ0) is 58.2. The topological polar surface area (TPSA) is 506 Å². The number of phenols is 1. The van der Waals surface area contributed by atoms with Crippen molar-refractivity contribution in [2.75, 3.05) is 19.6 Å². The van der Waals surface area contributed by atoms with E-state index in [-0.39, 0.29) is 63.9 Å². The molecule has 77 heavy (non-hydrogen) atoms. The molecule has 0 aliphatic carbocycles. The Morgan fingerprint density at radius 1 is 0.403 bits per heavy atom. The van der Waals surface area contributed by atoms with E-state index in [1.807, 2.05) is 0 Å². The molecule has 432 valence electrons. The van der Waals surface area contributed by atoms with Crippen molar-refractivity contribution < 1.29 is 83.1 Å². The number of phenolic OH excluding ortho intramolecular Hbond substituents is 1. The number of carboxylic acid groups (broad SMARTS) is 4. The number of benzene rings is 1. The van der Waals surface area contributed by atoms with E-state index in [1.54, 1.807) is 0 Å². The maximum atomic E-state index is 13.9. The van der Waals surface area contributed by atoms with Gasteiger partial charge in [-0.15, -0.1) is 0 Å². The van der Waals surface area contributed by atoms with Gasteiger partial charge in [0, 0.05) is 25.7 Å². The molecule has 29 nitrogen and oxygen atoms in total. The first kappa shape index (κ1) is 67.5. The van der Waals surface area contributed by atoms with Gasteiger partial charge in [-0.2, -0.15) is 0 Å². The van der Waals surface area contributed by atoms with Crippen molar-refractivity contribution in [2.45, 2.75) is 171 Å². The number of nitrogens with one attached hydrogen (secondary N) is 8. The number of hydrogen-bond acceptors (Lipinski definition) is 17. The Hall–Kier alpha value is -7.50. The molecule has 0 bridgehead atoms. The van der Waals surface area contributed by atoms with Crippen LogP contribution in [0.25, 0.3) is 0 Å². The molecule has 0 unspecified atom stereocenters. The van der Waals surface area contributed by atoms with Crippen molar-refractivity contribution in [1.82, 2.24) is 42.5 Å². The van der Waals surface area contributed by atoms with Gasteiger partial charge in [0.1, 0.15) is 54.1 Å². The van der Waals surface area contributed by atoms with Gasteiger partial charge in [-0.3, -0.25) is 52.7 Å². The fraction of sp³-hybridized carbons (Fsp3) is 0.625. The van der Waals surface area contributed by atoms with Gasteiger partial charge < -0.3 is 91.0 Å². The average Bonchev–Trinajstić information content (AvgIpc) is 3.36. The minimum absolute atomic E-state index is 0.0152. The summed E-state index contributed by atoms with van der Waals surface area (Å²) >= 11 is 0. The van der Waals surface area contributed by atoms with Crippen LogP contribution in [0.5, 0.6) is 5.75 Å². The summed E-state index contributed by atoms with van der Waals surface area (Å²) in [6, 6.07) is -7.57. The van der Waals surface area contributed by atoms with Crippen LogP contribution < -0.4 is 65.5 Å². The van der Waals surface area contributed by atoms with Crippen molar-refractivity contribution in [2.24, 2.45) is 22.9 Å². The Bertz CT molecular complexity index is 2150. The van der Waals surface area contributed by atoms with E-state index in [0.29, 0.717) is 37.7 Å². The standard InChI is InChI=1S/C48H78N12O17/c1-26(53-43(71)31(9-3-6-22-49)56-42(70)30(52)16-19-37(62)63)40(68)55-32(10-4-7-23-50)45(73)58-34(18-21-39(66)67)46(74)57-33(17-20-38(64)65)44(72)54-27(2)41(69)60-36(25-28-12-14-29(61)15-13-28)47(75)59-35(48(76)77)11-5-8-24-51/h12-15,26-27,30-36,61H,3-11,16-25,49-52H2,1-2H3,(H,53,71)(H,54,72)(H,55,68)(H,56,70)(H,57,74)(H,58,73)(H,59,75)(H,60,69)(H,62,63)(H,64,65)(H,66,67)(H,76,77)/t26-,27-,30-,31-,32-,33-,34-,35-,36-/m0/s1. The van der Waals surface area contributed by atoms with Gasteiger partial charge in [-0.05, 0) is 128 Å². The van der Waals surface area contributed by atoms with Gasteiger partial charge >= 0.3 is 23.9 Å². The largest absolute Gasteiger partial charge is 0.508 e. The molecule has 0 aliphatic heterocycles. The van der Waals surface area contributed by atoms with E-state index in [9.17, 15) is 78.0 Å². The minimum atomic E-state index is -1.74. The first-order valence-electron chi connectivity index (χ1n) is 25.3. The molecule has 0 fully saturated rings. The highest BCUT2D eigenvalue weighted by Gasteiger charge is 2.34. The third kappa shape index (κ3) is 27.7. The van der Waals surface area contributed by atoms with Crippen molar-refractivity contribution in [3.05, 3.63) is 29.8 Å². The minimum Gasteiger partial charge on any atom is -0.508 e. The molecule has 1 rings (SSSR count). The average molecular weight is 1100 g/mol. The van der Waals surface area contributed by atoms with E-state index in [4.69, 9.17) is 28.0 Å². The molecule has 0 saturated heterocycles. The van der Waals surface area contributed by atoms with E-state index < -0.39 is 158 Å². The number of hydrogen-bond donors (Lipinski definition) is 17. The van der Waals surface area contributed by atoms with E-state index >= 15 is 0 Å². The molecule has 0 aliphatic rings. The van der Waals surface area contributed by atoms with Crippen molar-refractivity contribution in [3.8, 4) is 5.75 Å². The Morgan fingerprint density at radius 2 is 0.714 bits per heavy atom. The molecular formula is C48H78N12O17. The number of carbonyl (C=O) groups is 12. The summed E-state index contributed by atoms with van der Waals surface area (Å²) in [7, 11) is 0. The molecule has 1 aromatic carbocycles. The third-order valence-electron chi connectivity index (χ3n) is 11.8. The highest BCUT2D eigenvalue weighted by atomic mass is 16.4. The summed E-state index contributed by atoms with van der Waals surface area (Å²) in [5, 5.41) is 66.8. The summed E-state index contributed by atoms with van der Waals surface area (Å²) in [5.41, 5.74) is 23.0. The van der Waals surface area contributed by atoms with Crippen LogP contribution in [0.4, 0.5) is 0 Å². The predicted molar refractivity (Wildman–Crippen MR) is 274 cm³/mol. The summed E-state index contributed by atoms with van der Waals surface area (Å²) in [5.74, 6) is -13.2. The Kier molecular flexibility index (Phi) is 32.0. The monoisotopic (exact) mass is 1090 g/mol. The molecule has 0 heterocycles. The molecule has 21 N–H and O–H groups in total. The third-order valence-corrected chi connectivity index (χ3v) is 11.8. The fourth-order valence-electron chi connectivity index (χ4n) is 7.28. The van der Waals surface area contributed by atoms with Crippen LogP contribution in [0.1, 0.15) is 116 Å². The van der Waals surface area contributed by atoms with Crippen LogP contribution in [0.2, 0.25) is 0 Å². The second-order valence-electron chi connectivity index (χ2n) is 18.3. The van der Waals surface area contributed by atoms with Crippen LogP contribution in [0, 0.1) is 0 Å². The van der Waals surface area contributed by atoms with E-state index in [1.165, 1.54) is 38.1 Å². The number of rotatable bonds is 40. The van der Waals surface area contributed by atoms with Crippen LogP contribution in [-0.2, 0) is 64.0 Å². The number of aromatic hydroxyl groups is 1. The SMILES string of the molecule is C[C@H](NC(=O)[C@H](CCC(=O)O)NC(=O)[C@H](CCC(=O)O)NC(=O)[C@H](CCCCN)NC(=O)[C@H](C)NC(=O)[C@H](CCCCN)NC(=O)[C@@H](N)CCC(=O)O)C(=O)N[C@@H](Cc1ccc(O)cc1)C(=O)N[C@@H](CCCCN)C(=O)O. The molecule has 0 saturated carbocycles. The second kappa shape index (κ2) is 36.5. The van der Waals surface area contributed by atoms with E-state index in [2.05, 4.69) is 42.5 Å². The summed E-state index contributed by atoms with van der Waals surface area (Å²) in [6.07, 6.45) is -1.25. The van der Waals surface area contributed by atoms with Gasteiger partial charge in [-0.1, -0.05) is 12.1 Å². The van der Waals surface area contributed by atoms with Crippen LogP contribution in [0.3, 0.4) is 0 Å². The first-order chi connectivity index (χ1) is 36.3. The summed E-state index contributed by atoms with van der Waals surface area (Å²) in [4.78, 5) is 155. The van der Waals surface area contributed by atoms with Crippen LogP contribution >= 0.6 is 0 Å². The Balaban J connectivity index is 3.38. The zero-order valence-electron chi connectivity index (χ0n) is 43.4. The van der Waals surface area contributed by atoms with Gasteiger partial charge in [-0.25, -0.2) is 4.79 Å². The summed E-state index contributed by atoms with van der Waals surface area (Å²) < 4.78 is 0. The van der Waals surface area contributed by atoms with Crippen molar-refractivity contribution in [1.29, 1.82) is 0 Å². The molecule has 8 amide bonds. The number of carbonyl (C=O) groups excluding carboxylic acids is 8. The number of amides is 8. The number of carboxylic acids is 4. The molecule has 0 spiro atoms. The smallest absolute Gasteiger partial charge is 0.326 e. The highest BCUT2D eigenvalue weighted by Crippen LogP contribution is 2.13. The Morgan fingerprint density at radius 3 is 1.10 bits per heavy atom. The van der Waals surface area contributed by atoms with Gasteiger partial charge in [0.25, 0.3) is 0 Å². The molecule has 9 atom stereocenters. The number of unbranched alkanes of at least 4 members (excludes halogenated alkanes) is 3. The maximum Gasteiger partial charge on any atom is 0.326 e. The van der Waals surface area contributed by atoms with Crippen LogP contribution in [0.15, 0.2) is 24.3 Å². The number of nitrogens with two attached hydrogens (primary N) is 4. The lowest BCUT2D eigenvalue weighted by molar-refractivity contribution is -0.142. The fourth-order valence-corrected chi connectivity index (χ4v) is 7.28. The molecular weight excluding hydrogens is 1020 g/mol. The quantitative estimate of drug-likeness (QED) is 0.0281. The van der Waals surface area contributed by atoms with Crippen molar-refractivity contribution in [3.63, 3.8) is 0 Å². The molecule has 29 heteroatoms. The van der Waals surface area contributed by atoms with Gasteiger partial charge in [0.05, 0.1) is 6.04 Å². The van der Waals surface area contributed by atoms with Crippen LogP contribution in [-0.4, -0.2) is 171 Å². The van der Waals surface area contributed by atoms with Crippen molar-refractivity contribution >= 4 is 71.1 Å². The van der Waals surface area contributed by atoms with Gasteiger partial charge in [0.2, 0.25) is 47.3 Å². The lowest BCUT2D eigenvalue weighted by Crippen LogP contribution is -2.60. The normalized spacial score (nSPS) is 14.5. The zero-order valence-corrected chi connectivity index (χ0v) is 43.4. The first-order valence-corrected chi connectivity index (χ1v) is 25.3.